The van der Waals surface area contributed by atoms with Gasteiger partial charge in [0.25, 0.3) is 5.69 Å². The van der Waals surface area contributed by atoms with Gasteiger partial charge in [-0.2, -0.15) is 4.73 Å². The molecule has 19 heavy (non-hydrogen) atoms. The van der Waals surface area contributed by atoms with E-state index in [-0.39, 0.29) is 17.1 Å². The second-order valence-electron chi connectivity index (χ2n) is 5.42. The number of aromatic nitrogens is 1. The molecule has 0 bridgehead atoms. The minimum Gasteiger partial charge on any atom is -0.618 e. The lowest BCUT2D eigenvalue weighted by Crippen LogP contribution is -2.46. The molecule has 0 radical (unpaired) electrons. The highest BCUT2D eigenvalue weighted by Gasteiger charge is 2.22. The molecule has 0 unspecified atom stereocenters. The van der Waals surface area contributed by atoms with E-state index < -0.39 is 0 Å². The van der Waals surface area contributed by atoms with Gasteiger partial charge in [-0.15, -0.1) is 0 Å². The van der Waals surface area contributed by atoms with Crippen molar-refractivity contribution >= 4 is 32.7 Å². The maximum absolute atomic E-state index is 12.2. The summed E-state index contributed by atoms with van der Waals surface area (Å²) in [6, 6.07) is 8.71. The molecule has 0 atom stereocenters. The van der Waals surface area contributed by atoms with Gasteiger partial charge in [0.2, 0.25) is 5.52 Å². The molecule has 0 saturated carbocycles. The van der Waals surface area contributed by atoms with E-state index in [1.165, 1.54) is 0 Å². The van der Waals surface area contributed by atoms with Gasteiger partial charge >= 0.3 is 5.91 Å². The third-order valence-corrected chi connectivity index (χ3v) is 3.07. The lowest BCUT2D eigenvalue weighted by atomic mass is 10.1. The Bertz CT molecular complexity index is 648. The van der Waals surface area contributed by atoms with Crippen LogP contribution < -0.4 is 10.0 Å². The molecule has 2 rings (SSSR count). The Morgan fingerprint density at radius 1 is 1.26 bits per heavy atom. The summed E-state index contributed by atoms with van der Waals surface area (Å²) in [5.74, 6) is -0.371. The van der Waals surface area contributed by atoms with Crippen molar-refractivity contribution in [2.75, 3.05) is 0 Å². The van der Waals surface area contributed by atoms with Crippen molar-refractivity contribution in [2.45, 2.75) is 26.3 Å². The van der Waals surface area contributed by atoms with E-state index in [1.54, 1.807) is 18.2 Å². The standard InChI is InChI=1S/C14H15BrN2O2/c1-14(2,3)16-13(18)11-7-5-9-4-6-10(15)8-12(9)17(11)19/h4-8H,1-3H3,(H,16,18). The molecule has 0 saturated heterocycles. The zero-order chi connectivity index (χ0) is 14.2. The van der Waals surface area contributed by atoms with Crippen LogP contribution in [0.1, 0.15) is 31.3 Å². The first kappa shape index (κ1) is 13.8. The van der Waals surface area contributed by atoms with Crippen LogP contribution in [0.25, 0.3) is 10.9 Å². The summed E-state index contributed by atoms with van der Waals surface area (Å²) in [4.78, 5) is 12.1. The van der Waals surface area contributed by atoms with E-state index in [4.69, 9.17) is 0 Å². The maximum Gasteiger partial charge on any atom is 0.317 e. The molecule has 1 amide bonds. The summed E-state index contributed by atoms with van der Waals surface area (Å²) in [5, 5.41) is 15.8. The van der Waals surface area contributed by atoms with E-state index in [2.05, 4.69) is 21.2 Å². The van der Waals surface area contributed by atoms with Crippen LogP contribution in [0, 0.1) is 5.21 Å². The van der Waals surface area contributed by atoms with Gasteiger partial charge in [-0.05, 0) is 39.0 Å². The minimum absolute atomic E-state index is 0.0977. The summed E-state index contributed by atoms with van der Waals surface area (Å²) < 4.78 is 1.47. The first-order valence-electron chi connectivity index (χ1n) is 5.92. The van der Waals surface area contributed by atoms with E-state index in [9.17, 15) is 10.0 Å². The molecule has 1 aromatic heterocycles. The van der Waals surface area contributed by atoms with Crippen molar-refractivity contribution in [1.29, 1.82) is 0 Å². The summed E-state index contributed by atoms with van der Waals surface area (Å²) in [5.41, 5.74) is 0.188. The number of amides is 1. The van der Waals surface area contributed by atoms with E-state index >= 15 is 0 Å². The van der Waals surface area contributed by atoms with Gasteiger partial charge in [-0.3, -0.25) is 4.79 Å². The second kappa shape index (κ2) is 4.81. The van der Waals surface area contributed by atoms with Crippen LogP contribution in [-0.2, 0) is 0 Å². The average molecular weight is 323 g/mol. The Morgan fingerprint density at radius 3 is 2.53 bits per heavy atom. The monoisotopic (exact) mass is 322 g/mol. The predicted molar refractivity (Wildman–Crippen MR) is 77.8 cm³/mol. The van der Waals surface area contributed by atoms with Crippen LogP contribution in [0.4, 0.5) is 0 Å². The van der Waals surface area contributed by atoms with Crippen LogP contribution in [0.3, 0.4) is 0 Å². The number of nitrogens with one attached hydrogen (secondary N) is 1. The van der Waals surface area contributed by atoms with Crippen LogP contribution in [0.5, 0.6) is 0 Å². The lowest BCUT2D eigenvalue weighted by Gasteiger charge is -2.19. The average Bonchev–Trinajstić information content (AvgIpc) is 2.28. The molecule has 1 aromatic carbocycles. The fourth-order valence-electron chi connectivity index (χ4n) is 1.77. The second-order valence-corrected chi connectivity index (χ2v) is 6.34. The Morgan fingerprint density at radius 2 is 1.89 bits per heavy atom. The zero-order valence-electron chi connectivity index (χ0n) is 11.0. The van der Waals surface area contributed by atoms with Crippen molar-refractivity contribution < 1.29 is 9.52 Å². The van der Waals surface area contributed by atoms with Crippen LogP contribution in [0.2, 0.25) is 0 Å². The molecule has 5 heteroatoms. The fraction of sp³-hybridized carbons (Fsp3) is 0.286. The number of hydrogen-bond donors (Lipinski definition) is 1. The van der Waals surface area contributed by atoms with Gasteiger partial charge in [0.15, 0.2) is 0 Å². The lowest BCUT2D eigenvalue weighted by molar-refractivity contribution is -0.579. The van der Waals surface area contributed by atoms with Gasteiger partial charge in [-0.1, -0.05) is 15.9 Å². The molecule has 2 aromatic rings. The highest BCUT2D eigenvalue weighted by molar-refractivity contribution is 9.10. The largest absolute Gasteiger partial charge is 0.618 e. The summed E-state index contributed by atoms with van der Waals surface area (Å²) in [6.07, 6.45) is 0. The molecule has 0 aliphatic carbocycles. The normalized spacial score (nSPS) is 11.6. The van der Waals surface area contributed by atoms with Gasteiger partial charge in [0.1, 0.15) is 0 Å². The highest BCUT2D eigenvalue weighted by atomic mass is 79.9. The smallest absolute Gasteiger partial charge is 0.317 e. The van der Waals surface area contributed by atoms with Crippen molar-refractivity contribution in [2.24, 2.45) is 0 Å². The zero-order valence-corrected chi connectivity index (χ0v) is 12.6. The SMILES string of the molecule is CC(C)(C)NC(=O)c1ccc2ccc(Br)cc2[n+]1[O-]. The van der Waals surface area contributed by atoms with Gasteiger partial charge in [0.05, 0.1) is 0 Å². The van der Waals surface area contributed by atoms with E-state index in [0.29, 0.717) is 10.2 Å². The van der Waals surface area contributed by atoms with Gasteiger partial charge in [0, 0.05) is 27.5 Å². The van der Waals surface area contributed by atoms with Crippen molar-refractivity contribution in [3.8, 4) is 0 Å². The first-order chi connectivity index (χ1) is 8.78. The third-order valence-electron chi connectivity index (χ3n) is 2.57. The van der Waals surface area contributed by atoms with Crippen molar-refractivity contribution in [1.82, 2.24) is 5.32 Å². The Kier molecular flexibility index (Phi) is 3.49. The van der Waals surface area contributed by atoms with Crippen LogP contribution in [-0.4, -0.2) is 11.4 Å². The molecule has 0 spiro atoms. The number of pyridine rings is 1. The molecule has 0 aliphatic heterocycles. The molecule has 1 heterocycles. The number of benzene rings is 1. The number of carbonyl (C=O) groups is 1. The maximum atomic E-state index is 12.2. The predicted octanol–water partition coefficient (Wildman–Crippen LogP) is 2.76. The molecule has 4 nitrogen and oxygen atoms in total. The first-order valence-corrected chi connectivity index (χ1v) is 6.71. The van der Waals surface area contributed by atoms with E-state index in [1.807, 2.05) is 32.9 Å². The Hall–Kier alpha value is -1.62. The third kappa shape index (κ3) is 3.04. The number of halogens is 1. The molecule has 1 N–H and O–H groups in total. The summed E-state index contributed by atoms with van der Waals surface area (Å²) >= 11 is 3.32. The van der Waals surface area contributed by atoms with E-state index in [0.717, 1.165) is 9.86 Å². The van der Waals surface area contributed by atoms with Gasteiger partial charge < -0.3 is 10.5 Å². The van der Waals surface area contributed by atoms with Crippen LogP contribution >= 0.6 is 15.9 Å². The number of rotatable bonds is 1. The Labute approximate surface area is 120 Å². The number of fused-ring (bicyclic) bond motifs is 1. The molecular weight excluding hydrogens is 308 g/mol. The molecule has 0 fully saturated rings. The van der Waals surface area contributed by atoms with Crippen molar-refractivity contribution in [3.05, 3.63) is 45.7 Å². The number of carbonyl (C=O) groups excluding carboxylic acids is 1. The molecular formula is C14H15BrN2O2. The highest BCUT2D eigenvalue weighted by Crippen LogP contribution is 2.17. The topological polar surface area (TPSA) is 56.0 Å². The number of hydrogen-bond acceptors (Lipinski definition) is 2. The summed E-state index contributed by atoms with van der Waals surface area (Å²) in [6.45, 7) is 5.62. The summed E-state index contributed by atoms with van der Waals surface area (Å²) in [7, 11) is 0. The minimum atomic E-state index is -0.379. The van der Waals surface area contributed by atoms with Gasteiger partial charge in [-0.25, -0.2) is 0 Å². The molecule has 0 aliphatic rings. The molecule has 100 valence electrons. The van der Waals surface area contributed by atoms with Crippen molar-refractivity contribution in [3.63, 3.8) is 0 Å². The Balaban J connectivity index is 2.51. The number of nitrogens with zero attached hydrogens (tertiary/aromatic N) is 1. The quantitative estimate of drug-likeness (QED) is 0.648. The van der Waals surface area contributed by atoms with Crippen LogP contribution in [0.15, 0.2) is 34.8 Å². The fourth-order valence-corrected chi connectivity index (χ4v) is 2.12.